The number of nitrogens with one attached hydrogen (secondary N) is 2. The number of amides is 2. The Morgan fingerprint density at radius 1 is 0.556 bits per heavy atom. The number of rotatable bonds is 11. The van der Waals surface area contributed by atoms with E-state index in [1.807, 2.05) is 76.2 Å². The van der Waals surface area contributed by atoms with E-state index in [9.17, 15) is 19.8 Å². The number of phenols is 2. The van der Waals surface area contributed by atoms with Crippen LogP contribution in [0.5, 0.6) is 23.0 Å². The van der Waals surface area contributed by atoms with E-state index >= 15 is 0 Å². The zero-order valence-electron chi connectivity index (χ0n) is 30.7. The molecular weight excluding hydrogens is 684 g/mol. The zero-order chi connectivity index (χ0) is 38.5. The van der Waals surface area contributed by atoms with E-state index in [0.29, 0.717) is 33.6 Å². The summed E-state index contributed by atoms with van der Waals surface area (Å²) in [7, 11) is 3.04. The SMILES string of the molecule is COc1cc(-c2ccc(N=Nc3c(O)c(C(=O)NC(C)C)cc4ccccc34)c(OC)c2)ccc1N=Nc1c(O)c(C(=O)NC(C)C)cc2ccccc12. The first-order valence-corrected chi connectivity index (χ1v) is 17.3. The van der Waals surface area contributed by atoms with Gasteiger partial charge in [-0.15, -0.1) is 20.5 Å². The number of phenolic OH excluding ortho intramolecular Hbond substituents is 2. The lowest BCUT2D eigenvalue weighted by atomic mass is 10.0. The molecule has 6 aromatic carbocycles. The van der Waals surface area contributed by atoms with E-state index in [1.54, 1.807) is 48.5 Å². The fourth-order valence-electron chi connectivity index (χ4n) is 5.95. The second-order valence-electron chi connectivity index (χ2n) is 13.1. The van der Waals surface area contributed by atoms with Gasteiger partial charge in [-0.25, -0.2) is 0 Å². The van der Waals surface area contributed by atoms with Gasteiger partial charge in [-0.1, -0.05) is 60.7 Å². The fraction of sp³-hybridized carbons (Fsp3) is 0.190. The average molecular weight is 725 g/mol. The molecule has 0 saturated heterocycles. The Morgan fingerprint density at radius 3 is 1.31 bits per heavy atom. The van der Waals surface area contributed by atoms with Gasteiger partial charge in [0.2, 0.25) is 0 Å². The summed E-state index contributed by atoms with van der Waals surface area (Å²) in [6, 6.07) is 28.4. The van der Waals surface area contributed by atoms with Gasteiger partial charge in [0.15, 0.2) is 11.5 Å². The maximum Gasteiger partial charge on any atom is 0.255 e. The lowest BCUT2D eigenvalue weighted by Gasteiger charge is -2.13. The lowest BCUT2D eigenvalue weighted by molar-refractivity contribution is 0.0931. The monoisotopic (exact) mass is 724 g/mol. The molecule has 54 heavy (non-hydrogen) atoms. The van der Waals surface area contributed by atoms with Crippen molar-refractivity contribution in [3.8, 4) is 34.1 Å². The molecule has 2 amide bonds. The largest absolute Gasteiger partial charge is 0.505 e. The van der Waals surface area contributed by atoms with E-state index in [2.05, 4.69) is 31.1 Å². The summed E-state index contributed by atoms with van der Waals surface area (Å²) in [6.45, 7) is 7.37. The van der Waals surface area contributed by atoms with Crippen molar-refractivity contribution in [1.29, 1.82) is 0 Å². The van der Waals surface area contributed by atoms with E-state index < -0.39 is 11.8 Å². The van der Waals surface area contributed by atoms with Crippen molar-refractivity contribution in [1.82, 2.24) is 10.6 Å². The summed E-state index contributed by atoms with van der Waals surface area (Å²) < 4.78 is 11.4. The molecule has 0 heterocycles. The molecule has 0 radical (unpaired) electrons. The smallest absolute Gasteiger partial charge is 0.255 e. The van der Waals surface area contributed by atoms with E-state index in [4.69, 9.17) is 9.47 Å². The van der Waals surface area contributed by atoms with Crippen molar-refractivity contribution in [2.24, 2.45) is 20.5 Å². The molecule has 6 rings (SSSR count). The molecule has 6 aromatic rings. The van der Waals surface area contributed by atoms with Gasteiger partial charge in [0.25, 0.3) is 11.8 Å². The molecule has 0 saturated carbocycles. The molecule has 0 spiro atoms. The predicted octanol–water partition coefficient (Wildman–Crippen LogP) is 10.2. The van der Waals surface area contributed by atoms with E-state index in [1.165, 1.54) is 14.2 Å². The molecule has 0 aliphatic rings. The molecule has 12 nitrogen and oxygen atoms in total. The number of ether oxygens (including phenoxy) is 2. The van der Waals surface area contributed by atoms with Crippen molar-refractivity contribution in [2.75, 3.05) is 14.2 Å². The highest BCUT2D eigenvalue weighted by Gasteiger charge is 2.21. The summed E-state index contributed by atoms with van der Waals surface area (Å²) in [5.74, 6) is -0.546. The van der Waals surface area contributed by atoms with Crippen LogP contribution in [0.25, 0.3) is 32.7 Å². The van der Waals surface area contributed by atoms with Crippen molar-refractivity contribution < 1.29 is 29.3 Å². The highest BCUT2D eigenvalue weighted by Crippen LogP contribution is 2.43. The molecule has 0 aliphatic carbocycles. The number of methoxy groups -OCH3 is 2. The van der Waals surface area contributed by atoms with Crippen LogP contribution in [0.15, 0.2) is 118 Å². The third-order valence-corrected chi connectivity index (χ3v) is 8.53. The van der Waals surface area contributed by atoms with Crippen LogP contribution in [-0.4, -0.2) is 48.3 Å². The standard InChI is InChI=1S/C42H40N6O6/c1-23(2)43-41(51)31-19-27-11-7-9-13-29(27)37(39(31)49)47-45-33-17-15-25(21-35(33)53-5)26-16-18-34(36(22-26)54-6)46-48-38-30-14-10-8-12-28(30)20-32(40(38)50)42(52)44-24(3)4/h7-24,49-50H,1-6H3,(H,43,51)(H,44,52). The summed E-state index contributed by atoms with van der Waals surface area (Å²) in [5.41, 5.74) is 2.88. The first-order chi connectivity index (χ1) is 26.0. The molecular formula is C42H40N6O6. The van der Waals surface area contributed by atoms with Crippen molar-refractivity contribution in [2.45, 2.75) is 39.8 Å². The van der Waals surface area contributed by atoms with Crippen LogP contribution >= 0.6 is 0 Å². The van der Waals surface area contributed by atoms with Crippen LogP contribution in [0.1, 0.15) is 48.4 Å². The molecule has 0 bridgehead atoms. The molecule has 0 unspecified atom stereocenters. The fourth-order valence-corrected chi connectivity index (χ4v) is 5.95. The van der Waals surface area contributed by atoms with Gasteiger partial charge in [-0.2, -0.15) is 0 Å². The summed E-state index contributed by atoms with van der Waals surface area (Å²) >= 11 is 0. The van der Waals surface area contributed by atoms with E-state index in [-0.39, 0.29) is 46.1 Å². The van der Waals surface area contributed by atoms with Gasteiger partial charge in [0, 0.05) is 22.9 Å². The van der Waals surface area contributed by atoms with Crippen LogP contribution in [0.2, 0.25) is 0 Å². The Kier molecular flexibility index (Phi) is 10.8. The highest BCUT2D eigenvalue weighted by atomic mass is 16.5. The van der Waals surface area contributed by atoms with Gasteiger partial charge in [-0.05, 0) is 86.0 Å². The Bertz CT molecular complexity index is 2290. The zero-order valence-corrected chi connectivity index (χ0v) is 30.7. The van der Waals surface area contributed by atoms with Gasteiger partial charge in [-0.3, -0.25) is 9.59 Å². The van der Waals surface area contributed by atoms with Crippen molar-refractivity contribution >= 4 is 56.1 Å². The molecule has 4 N–H and O–H groups in total. The predicted molar refractivity (Wildman–Crippen MR) is 210 cm³/mol. The van der Waals surface area contributed by atoms with Crippen molar-refractivity contribution in [3.05, 3.63) is 108 Å². The molecule has 12 heteroatoms. The van der Waals surface area contributed by atoms with Gasteiger partial charge >= 0.3 is 0 Å². The molecule has 0 aliphatic heterocycles. The quantitative estimate of drug-likeness (QED) is 0.0970. The first kappa shape index (κ1) is 37.0. The van der Waals surface area contributed by atoms with Gasteiger partial charge in [0.05, 0.1) is 25.3 Å². The lowest BCUT2D eigenvalue weighted by Crippen LogP contribution is -2.30. The average Bonchev–Trinajstić information content (AvgIpc) is 3.16. The number of carbonyl (C=O) groups is 2. The van der Waals surface area contributed by atoms with Crippen LogP contribution in [0, 0.1) is 0 Å². The molecule has 274 valence electrons. The number of hydrogen-bond donors (Lipinski definition) is 4. The number of hydrogen-bond acceptors (Lipinski definition) is 10. The second kappa shape index (κ2) is 15.8. The van der Waals surface area contributed by atoms with Crippen LogP contribution in [0.3, 0.4) is 0 Å². The second-order valence-corrected chi connectivity index (χ2v) is 13.1. The molecule has 0 fully saturated rings. The number of azo groups is 2. The Labute approximate surface area is 312 Å². The summed E-state index contributed by atoms with van der Waals surface area (Å²) in [4.78, 5) is 25.8. The number of benzene rings is 6. The number of aromatic hydroxyl groups is 2. The Balaban J connectivity index is 1.32. The van der Waals surface area contributed by atoms with E-state index in [0.717, 1.165) is 21.9 Å². The maximum absolute atomic E-state index is 12.9. The minimum atomic E-state index is -0.415. The third-order valence-electron chi connectivity index (χ3n) is 8.53. The minimum Gasteiger partial charge on any atom is -0.505 e. The molecule has 0 aromatic heterocycles. The Hall–Kier alpha value is -6.82. The number of nitrogens with zero attached hydrogens (tertiary/aromatic N) is 4. The van der Waals surface area contributed by atoms with Crippen LogP contribution in [-0.2, 0) is 0 Å². The van der Waals surface area contributed by atoms with Crippen LogP contribution < -0.4 is 20.1 Å². The molecule has 0 atom stereocenters. The van der Waals surface area contributed by atoms with Gasteiger partial charge < -0.3 is 30.3 Å². The number of carbonyl (C=O) groups excluding carboxylic acids is 2. The minimum absolute atomic E-state index is 0.100. The number of fused-ring (bicyclic) bond motifs is 2. The van der Waals surface area contributed by atoms with Crippen LogP contribution in [0.4, 0.5) is 22.7 Å². The third kappa shape index (κ3) is 7.68. The van der Waals surface area contributed by atoms with Crippen molar-refractivity contribution in [3.63, 3.8) is 0 Å². The first-order valence-electron chi connectivity index (χ1n) is 17.3. The maximum atomic E-state index is 12.9. The summed E-state index contributed by atoms with van der Waals surface area (Å²) in [6.07, 6.45) is 0. The Morgan fingerprint density at radius 2 is 0.944 bits per heavy atom. The highest BCUT2D eigenvalue weighted by molar-refractivity contribution is 6.08. The summed E-state index contributed by atoms with van der Waals surface area (Å²) in [5, 5.41) is 48.3. The topological polar surface area (TPSA) is 167 Å². The van der Waals surface area contributed by atoms with Gasteiger partial charge in [0.1, 0.15) is 34.2 Å². The normalized spacial score (nSPS) is 11.6.